The molecule has 1 atom stereocenters. The molecule has 0 spiro atoms. The Kier molecular flexibility index (Phi) is 4.91. The second-order valence-corrected chi connectivity index (χ2v) is 5.56. The predicted molar refractivity (Wildman–Crippen MR) is 69.7 cm³/mol. The Morgan fingerprint density at radius 2 is 2.16 bits per heavy atom. The van der Waals surface area contributed by atoms with Crippen LogP contribution in [0.25, 0.3) is 0 Å². The Balaban J connectivity index is 2.49. The summed E-state index contributed by atoms with van der Waals surface area (Å²) in [4.78, 5) is 29.3. The fraction of sp³-hybridized carbons (Fsp3) is 0.583. The molecule has 7 nitrogen and oxygen atoms in total. The first-order chi connectivity index (χ1) is 8.78. The van der Waals surface area contributed by atoms with E-state index < -0.39 is 18.0 Å². The van der Waals surface area contributed by atoms with E-state index in [1.807, 2.05) is 20.8 Å². The highest BCUT2D eigenvalue weighted by atomic mass is 16.4. The molecule has 0 bridgehead atoms. The fourth-order valence-electron chi connectivity index (χ4n) is 1.37. The van der Waals surface area contributed by atoms with Crippen molar-refractivity contribution in [2.75, 3.05) is 6.54 Å². The monoisotopic (exact) mass is 268 g/mol. The number of aliphatic carboxylic acids is 1. The number of amides is 2. The quantitative estimate of drug-likeness (QED) is 0.632. The van der Waals surface area contributed by atoms with E-state index in [4.69, 9.17) is 5.11 Å². The molecule has 1 heterocycles. The molecule has 19 heavy (non-hydrogen) atoms. The van der Waals surface area contributed by atoms with Crippen molar-refractivity contribution in [3.05, 3.63) is 18.2 Å². The van der Waals surface area contributed by atoms with E-state index in [0.717, 1.165) is 0 Å². The van der Waals surface area contributed by atoms with Crippen LogP contribution in [-0.4, -0.2) is 39.7 Å². The van der Waals surface area contributed by atoms with Gasteiger partial charge in [0.15, 0.2) is 0 Å². The van der Waals surface area contributed by atoms with Crippen molar-refractivity contribution in [1.82, 2.24) is 20.6 Å². The van der Waals surface area contributed by atoms with E-state index in [-0.39, 0.29) is 11.8 Å². The highest BCUT2D eigenvalue weighted by Crippen LogP contribution is 2.10. The molecule has 1 aromatic heterocycles. The summed E-state index contributed by atoms with van der Waals surface area (Å²) in [7, 11) is 0. The number of hydrogen-bond donors (Lipinski definition) is 4. The SMILES string of the molecule is CC(C)(C)CNC(=O)N[C@H](Cc1cnc[nH]1)C(=O)O. The molecule has 4 N–H and O–H groups in total. The average Bonchev–Trinajstić information content (AvgIpc) is 2.77. The highest BCUT2D eigenvalue weighted by molar-refractivity contribution is 5.82. The topological polar surface area (TPSA) is 107 Å². The average molecular weight is 268 g/mol. The summed E-state index contributed by atoms with van der Waals surface area (Å²) < 4.78 is 0. The van der Waals surface area contributed by atoms with Crippen LogP contribution in [0, 0.1) is 5.41 Å². The third-order valence-electron chi connectivity index (χ3n) is 2.36. The van der Waals surface area contributed by atoms with Crippen LogP contribution in [0.2, 0.25) is 0 Å². The minimum atomic E-state index is -1.08. The number of carbonyl (C=O) groups is 2. The molecule has 7 heteroatoms. The molecule has 0 aliphatic carbocycles. The van der Waals surface area contributed by atoms with Gasteiger partial charge in [-0.2, -0.15) is 0 Å². The molecule has 2 amide bonds. The third-order valence-corrected chi connectivity index (χ3v) is 2.36. The van der Waals surface area contributed by atoms with Crippen LogP contribution in [-0.2, 0) is 11.2 Å². The minimum absolute atomic E-state index is 0.0561. The van der Waals surface area contributed by atoms with E-state index >= 15 is 0 Å². The fourth-order valence-corrected chi connectivity index (χ4v) is 1.37. The van der Waals surface area contributed by atoms with Gasteiger partial charge in [-0.3, -0.25) is 0 Å². The van der Waals surface area contributed by atoms with Crippen LogP contribution in [0.4, 0.5) is 4.79 Å². The largest absolute Gasteiger partial charge is 0.480 e. The number of carboxylic acid groups (broad SMARTS) is 1. The zero-order valence-corrected chi connectivity index (χ0v) is 11.4. The second kappa shape index (κ2) is 6.21. The Morgan fingerprint density at radius 1 is 1.47 bits per heavy atom. The number of rotatable bonds is 5. The molecule has 0 unspecified atom stereocenters. The van der Waals surface area contributed by atoms with Gasteiger partial charge < -0.3 is 20.7 Å². The van der Waals surface area contributed by atoms with E-state index in [1.54, 1.807) is 0 Å². The zero-order chi connectivity index (χ0) is 14.5. The first-order valence-corrected chi connectivity index (χ1v) is 6.02. The maximum absolute atomic E-state index is 11.6. The van der Waals surface area contributed by atoms with Crippen LogP contribution in [0.1, 0.15) is 26.5 Å². The Bertz CT molecular complexity index is 423. The predicted octanol–water partition coefficient (Wildman–Crippen LogP) is 0.751. The van der Waals surface area contributed by atoms with Crippen molar-refractivity contribution >= 4 is 12.0 Å². The summed E-state index contributed by atoms with van der Waals surface area (Å²) in [5.74, 6) is -1.08. The lowest BCUT2D eigenvalue weighted by atomic mass is 9.97. The molecular weight excluding hydrogens is 248 g/mol. The van der Waals surface area contributed by atoms with Gasteiger partial charge in [-0.05, 0) is 5.41 Å². The standard InChI is InChI=1S/C12H20N4O3/c1-12(2,3)6-14-11(19)16-9(10(17)18)4-8-5-13-7-15-8/h5,7,9H,4,6H2,1-3H3,(H,13,15)(H,17,18)(H2,14,16,19)/t9-/m1/s1. The molecule has 0 aromatic carbocycles. The molecule has 106 valence electrons. The number of carboxylic acids is 1. The lowest BCUT2D eigenvalue weighted by Crippen LogP contribution is -2.48. The van der Waals surface area contributed by atoms with Crippen LogP contribution in [0.3, 0.4) is 0 Å². The van der Waals surface area contributed by atoms with Crippen LogP contribution >= 0.6 is 0 Å². The summed E-state index contributed by atoms with van der Waals surface area (Å²) in [6, 6.07) is -1.47. The van der Waals surface area contributed by atoms with Crippen LogP contribution < -0.4 is 10.6 Å². The molecule has 0 fully saturated rings. The van der Waals surface area contributed by atoms with E-state index in [0.29, 0.717) is 12.2 Å². The zero-order valence-electron chi connectivity index (χ0n) is 11.4. The van der Waals surface area contributed by atoms with E-state index in [1.165, 1.54) is 12.5 Å². The number of imidazole rings is 1. The van der Waals surface area contributed by atoms with Gasteiger partial charge in [0.25, 0.3) is 0 Å². The molecule has 0 saturated heterocycles. The molecule has 1 rings (SSSR count). The number of aromatic nitrogens is 2. The second-order valence-electron chi connectivity index (χ2n) is 5.56. The normalized spacial score (nSPS) is 12.8. The van der Waals surface area contributed by atoms with Crippen molar-refractivity contribution < 1.29 is 14.7 Å². The van der Waals surface area contributed by atoms with Gasteiger partial charge in [0.2, 0.25) is 0 Å². The van der Waals surface area contributed by atoms with Gasteiger partial charge in [0, 0.05) is 24.9 Å². The minimum Gasteiger partial charge on any atom is -0.480 e. The van der Waals surface area contributed by atoms with Gasteiger partial charge in [0.05, 0.1) is 6.33 Å². The smallest absolute Gasteiger partial charge is 0.326 e. The number of nitrogens with one attached hydrogen (secondary N) is 3. The van der Waals surface area contributed by atoms with Gasteiger partial charge in [0.1, 0.15) is 6.04 Å². The molecule has 0 aliphatic heterocycles. The van der Waals surface area contributed by atoms with Crippen LogP contribution in [0.15, 0.2) is 12.5 Å². The Hall–Kier alpha value is -2.05. The Labute approximate surface area is 111 Å². The first kappa shape index (κ1) is 15.0. The number of urea groups is 1. The van der Waals surface area contributed by atoms with Gasteiger partial charge in [-0.15, -0.1) is 0 Å². The van der Waals surface area contributed by atoms with Crippen molar-refractivity contribution in [3.8, 4) is 0 Å². The molecule has 0 aliphatic rings. The summed E-state index contributed by atoms with van der Waals surface area (Å²) in [6.45, 7) is 6.40. The summed E-state index contributed by atoms with van der Waals surface area (Å²) in [5.41, 5.74) is 0.600. The van der Waals surface area contributed by atoms with Crippen LogP contribution in [0.5, 0.6) is 0 Å². The lowest BCUT2D eigenvalue weighted by molar-refractivity contribution is -0.139. The summed E-state index contributed by atoms with van der Waals surface area (Å²) in [5, 5.41) is 14.2. The van der Waals surface area contributed by atoms with Gasteiger partial charge >= 0.3 is 12.0 Å². The van der Waals surface area contributed by atoms with E-state index in [2.05, 4.69) is 20.6 Å². The number of H-pyrrole nitrogens is 1. The van der Waals surface area contributed by atoms with Gasteiger partial charge in [-0.1, -0.05) is 20.8 Å². The van der Waals surface area contributed by atoms with Crippen molar-refractivity contribution in [1.29, 1.82) is 0 Å². The number of nitrogens with zero attached hydrogens (tertiary/aromatic N) is 1. The molecule has 1 aromatic rings. The first-order valence-electron chi connectivity index (χ1n) is 6.02. The van der Waals surface area contributed by atoms with Crippen molar-refractivity contribution in [2.24, 2.45) is 5.41 Å². The summed E-state index contributed by atoms with van der Waals surface area (Å²) in [6.07, 6.45) is 3.16. The maximum atomic E-state index is 11.6. The van der Waals surface area contributed by atoms with E-state index in [9.17, 15) is 9.59 Å². The molecular formula is C12H20N4O3. The summed E-state index contributed by atoms with van der Waals surface area (Å²) >= 11 is 0. The number of carbonyl (C=O) groups excluding carboxylic acids is 1. The maximum Gasteiger partial charge on any atom is 0.326 e. The molecule has 0 saturated carbocycles. The number of hydrogen-bond acceptors (Lipinski definition) is 3. The number of aromatic amines is 1. The molecule has 0 radical (unpaired) electrons. The third kappa shape index (κ3) is 5.89. The highest BCUT2D eigenvalue weighted by Gasteiger charge is 2.21. The van der Waals surface area contributed by atoms with Crippen molar-refractivity contribution in [2.45, 2.75) is 33.2 Å². The van der Waals surface area contributed by atoms with Gasteiger partial charge in [-0.25, -0.2) is 14.6 Å². The Morgan fingerprint density at radius 3 is 2.63 bits per heavy atom. The van der Waals surface area contributed by atoms with Crippen molar-refractivity contribution in [3.63, 3.8) is 0 Å². The lowest BCUT2D eigenvalue weighted by Gasteiger charge is -2.20.